The monoisotopic (exact) mass is 323 g/mol. The summed E-state index contributed by atoms with van der Waals surface area (Å²) < 4.78 is 19.1. The van der Waals surface area contributed by atoms with E-state index in [1.807, 2.05) is 12.1 Å². The number of rotatable bonds is 2. The number of hydrogen-bond donors (Lipinski definition) is 1. The number of halogens is 1. The maximum Gasteiger partial charge on any atom is 0.287 e. The van der Waals surface area contributed by atoms with Gasteiger partial charge in [0.05, 0.1) is 6.04 Å². The van der Waals surface area contributed by atoms with Crippen molar-refractivity contribution in [2.45, 2.75) is 32.2 Å². The zero-order valence-electron chi connectivity index (χ0n) is 13.4. The number of nitrogens with one attached hydrogen (secondary N) is 1. The van der Waals surface area contributed by atoms with Crippen LogP contribution in [0.2, 0.25) is 0 Å². The van der Waals surface area contributed by atoms with Crippen molar-refractivity contribution in [3.05, 3.63) is 70.7 Å². The van der Waals surface area contributed by atoms with E-state index in [0.29, 0.717) is 16.5 Å². The highest BCUT2D eigenvalue weighted by molar-refractivity contribution is 5.99. The van der Waals surface area contributed by atoms with Gasteiger partial charge in [-0.05, 0) is 55.5 Å². The van der Waals surface area contributed by atoms with Gasteiger partial charge in [0.15, 0.2) is 5.76 Å². The minimum Gasteiger partial charge on any atom is -0.451 e. The Labute approximate surface area is 139 Å². The first-order valence-electron chi connectivity index (χ1n) is 8.21. The van der Waals surface area contributed by atoms with Crippen LogP contribution in [0.3, 0.4) is 0 Å². The molecule has 0 unspecified atom stereocenters. The lowest BCUT2D eigenvalue weighted by Gasteiger charge is -2.26. The van der Waals surface area contributed by atoms with Gasteiger partial charge in [-0.2, -0.15) is 0 Å². The molecule has 1 heterocycles. The molecule has 0 radical (unpaired) electrons. The number of carbonyl (C=O) groups excluding carboxylic acids is 1. The Kier molecular flexibility index (Phi) is 3.60. The maximum absolute atomic E-state index is 13.4. The Hall–Kier alpha value is -2.62. The van der Waals surface area contributed by atoms with E-state index < -0.39 is 0 Å². The van der Waals surface area contributed by atoms with E-state index in [2.05, 4.69) is 17.4 Å². The van der Waals surface area contributed by atoms with E-state index in [1.165, 1.54) is 23.3 Å². The third-order valence-corrected chi connectivity index (χ3v) is 4.78. The molecule has 122 valence electrons. The van der Waals surface area contributed by atoms with Gasteiger partial charge in [0.1, 0.15) is 11.4 Å². The van der Waals surface area contributed by atoms with Crippen molar-refractivity contribution in [2.24, 2.45) is 0 Å². The summed E-state index contributed by atoms with van der Waals surface area (Å²) in [5, 5.41) is 3.72. The second-order valence-corrected chi connectivity index (χ2v) is 6.31. The summed E-state index contributed by atoms with van der Waals surface area (Å²) in [6, 6.07) is 12.5. The van der Waals surface area contributed by atoms with Gasteiger partial charge in [-0.1, -0.05) is 24.3 Å². The minimum absolute atomic E-state index is 0.00759. The summed E-state index contributed by atoms with van der Waals surface area (Å²) in [6.07, 6.45) is 3.01. The molecule has 0 bridgehead atoms. The smallest absolute Gasteiger partial charge is 0.287 e. The third-order valence-electron chi connectivity index (χ3n) is 4.78. The first-order valence-corrected chi connectivity index (χ1v) is 8.21. The van der Waals surface area contributed by atoms with Gasteiger partial charge >= 0.3 is 0 Å². The summed E-state index contributed by atoms with van der Waals surface area (Å²) in [6.45, 7) is 1.79. The molecule has 1 amide bonds. The predicted molar refractivity (Wildman–Crippen MR) is 90.5 cm³/mol. The Morgan fingerprint density at radius 1 is 1.25 bits per heavy atom. The second-order valence-electron chi connectivity index (χ2n) is 6.31. The minimum atomic E-state index is -0.334. The highest BCUT2D eigenvalue weighted by Crippen LogP contribution is 2.31. The van der Waals surface area contributed by atoms with E-state index in [9.17, 15) is 9.18 Å². The molecule has 0 aliphatic heterocycles. The molecule has 24 heavy (non-hydrogen) atoms. The van der Waals surface area contributed by atoms with Crippen molar-refractivity contribution in [2.75, 3.05) is 0 Å². The summed E-state index contributed by atoms with van der Waals surface area (Å²) in [5.74, 6) is -0.316. The SMILES string of the molecule is Cc1c(C(=O)N[C@@H]2CCCc3ccccc32)oc2ccc(F)cc12. The zero-order chi connectivity index (χ0) is 16.7. The quantitative estimate of drug-likeness (QED) is 0.743. The van der Waals surface area contributed by atoms with Crippen molar-refractivity contribution in [3.8, 4) is 0 Å². The predicted octanol–water partition coefficient (Wildman–Crippen LogP) is 4.69. The molecule has 1 aromatic heterocycles. The first kappa shape index (κ1) is 14.9. The lowest BCUT2D eigenvalue weighted by atomic mass is 9.87. The van der Waals surface area contributed by atoms with Crippen molar-refractivity contribution in [1.82, 2.24) is 5.32 Å². The van der Waals surface area contributed by atoms with Crippen LogP contribution in [0.4, 0.5) is 4.39 Å². The summed E-state index contributed by atoms with van der Waals surface area (Å²) in [5.41, 5.74) is 3.67. The first-order chi connectivity index (χ1) is 11.6. The van der Waals surface area contributed by atoms with Crippen molar-refractivity contribution in [3.63, 3.8) is 0 Å². The fourth-order valence-electron chi connectivity index (χ4n) is 3.54. The van der Waals surface area contributed by atoms with Gasteiger partial charge < -0.3 is 9.73 Å². The number of aryl methyl sites for hydroxylation is 2. The van der Waals surface area contributed by atoms with Gasteiger partial charge in [0.25, 0.3) is 5.91 Å². The van der Waals surface area contributed by atoms with Crippen molar-refractivity contribution >= 4 is 16.9 Å². The number of carbonyl (C=O) groups is 1. The van der Waals surface area contributed by atoms with E-state index in [-0.39, 0.29) is 23.5 Å². The molecule has 0 fully saturated rings. The van der Waals surface area contributed by atoms with Crippen LogP contribution in [-0.2, 0) is 6.42 Å². The molecule has 1 aliphatic carbocycles. The summed E-state index contributed by atoms with van der Waals surface area (Å²) >= 11 is 0. The molecule has 3 nitrogen and oxygen atoms in total. The molecule has 0 spiro atoms. The Balaban J connectivity index is 1.65. The van der Waals surface area contributed by atoms with Crippen LogP contribution in [0.15, 0.2) is 46.9 Å². The van der Waals surface area contributed by atoms with Crippen molar-refractivity contribution < 1.29 is 13.6 Å². The summed E-state index contributed by atoms with van der Waals surface area (Å²) in [4.78, 5) is 12.7. The largest absolute Gasteiger partial charge is 0.451 e. The molecule has 1 N–H and O–H groups in total. The molecule has 3 aromatic rings. The van der Waals surface area contributed by atoms with E-state index in [0.717, 1.165) is 19.3 Å². The van der Waals surface area contributed by atoms with Gasteiger partial charge in [-0.3, -0.25) is 4.79 Å². The Morgan fingerprint density at radius 2 is 2.08 bits per heavy atom. The van der Waals surface area contributed by atoms with Gasteiger partial charge in [-0.25, -0.2) is 4.39 Å². The lowest BCUT2D eigenvalue weighted by Crippen LogP contribution is -2.31. The summed E-state index contributed by atoms with van der Waals surface area (Å²) in [7, 11) is 0. The van der Waals surface area contributed by atoms with Gasteiger partial charge in [0, 0.05) is 10.9 Å². The average Bonchev–Trinajstić information content (AvgIpc) is 2.92. The maximum atomic E-state index is 13.4. The Morgan fingerprint density at radius 3 is 2.96 bits per heavy atom. The normalized spacial score (nSPS) is 16.8. The number of amides is 1. The molecule has 2 aromatic carbocycles. The standard InChI is InChI=1S/C20H18FNO2/c1-12-16-11-14(21)9-10-18(16)24-19(12)20(23)22-17-8-4-6-13-5-2-3-7-15(13)17/h2-3,5,7,9-11,17H,4,6,8H2,1H3,(H,22,23)/t17-/m1/s1. The number of fused-ring (bicyclic) bond motifs is 2. The molecule has 1 atom stereocenters. The van der Waals surface area contributed by atoms with Crippen LogP contribution in [0.5, 0.6) is 0 Å². The highest BCUT2D eigenvalue weighted by Gasteiger charge is 2.25. The van der Waals surface area contributed by atoms with Gasteiger partial charge in [0.2, 0.25) is 0 Å². The molecule has 1 aliphatic rings. The Bertz CT molecular complexity index is 929. The lowest BCUT2D eigenvalue weighted by molar-refractivity contribution is 0.0906. The highest BCUT2D eigenvalue weighted by atomic mass is 19.1. The second kappa shape index (κ2) is 5.78. The molecule has 4 rings (SSSR count). The van der Waals surface area contributed by atoms with Gasteiger partial charge in [-0.15, -0.1) is 0 Å². The van der Waals surface area contributed by atoms with Crippen LogP contribution in [0, 0.1) is 12.7 Å². The van der Waals surface area contributed by atoms with Crippen molar-refractivity contribution in [1.29, 1.82) is 0 Å². The van der Waals surface area contributed by atoms with E-state index in [4.69, 9.17) is 4.42 Å². The number of furan rings is 1. The van der Waals surface area contributed by atoms with Crippen LogP contribution < -0.4 is 5.32 Å². The average molecular weight is 323 g/mol. The molecule has 4 heteroatoms. The van der Waals surface area contributed by atoms with Crippen LogP contribution in [0.25, 0.3) is 11.0 Å². The van der Waals surface area contributed by atoms with Crippen LogP contribution in [-0.4, -0.2) is 5.91 Å². The molecule has 0 saturated heterocycles. The fourth-order valence-corrected chi connectivity index (χ4v) is 3.54. The molecule has 0 saturated carbocycles. The zero-order valence-corrected chi connectivity index (χ0v) is 13.4. The van der Waals surface area contributed by atoms with E-state index in [1.54, 1.807) is 13.0 Å². The van der Waals surface area contributed by atoms with Crippen LogP contribution in [0.1, 0.15) is 46.1 Å². The number of hydrogen-bond acceptors (Lipinski definition) is 2. The van der Waals surface area contributed by atoms with Crippen LogP contribution >= 0.6 is 0 Å². The molecular formula is C20H18FNO2. The fraction of sp³-hybridized carbons (Fsp3) is 0.250. The topological polar surface area (TPSA) is 42.2 Å². The number of benzene rings is 2. The van der Waals surface area contributed by atoms with E-state index >= 15 is 0 Å². The third kappa shape index (κ3) is 2.48. The molecular weight excluding hydrogens is 305 g/mol.